The summed E-state index contributed by atoms with van der Waals surface area (Å²) in [4.78, 5) is 40.6. The summed E-state index contributed by atoms with van der Waals surface area (Å²) in [5, 5.41) is 25.4. The Balaban J connectivity index is 1.55. The summed E-state index contributed by atoms with van der Waals surface area (Å²) < 4.78 is 0.912. The predicted molar refractivity (Wildman–Crippen MR) is 126 cm³/mol. The van der Waals surface area contributed by atoms with Crippen LogP contribution in [-0.2, 0) is 6.54 Å². The van der Waals surface area contributed by atoms with Crippen molar-refractivity contribution in [3.63, 3.8) is 0 Å². The molecule has 33 heavy (non-hydrogen) atoms. The first kappa shape index (κ1) is 22.7. The number of benzene rings is 2. The van der Waals surface area contributed by atoms with Gasteiger partial charge in [0.2, 0.25) is 0 Å². The Morgan fingerprint density at radius 2 is 1.91 bits per heavy atom. The van der Waals surface area contributed by atoms with E-state index in [0.717, 1.165) is 47.9 Å². The summed E-state index contributed by atoms with van der Waals surface area (Å²) >= 11 is 1.29. The molecule has 172 valence electrons. The average Bonchev–Trinajstić information content (AvgIpc) is 3.16. The zero-order valence-corrected chi connectivity index (χ0v) is 19.1. The first-order chi connectivity index (χ1) is 15.7. The van der Waals surface area contributed by atoms with Crippen molar-refractivity contribution < 1.29 is 14.6 Å². The summed E-state index contributed by atoms with van der Waals surface area (Å²) in [6.07, 6.45) is 2.41. The second-order valence-electron chi connectivity index (χ2n) is 8.39. The van der Waals surface area contributed by atoms with Crippen molar-refractivity contribution in [3.05, 3.63) is 67.3 Å². The first-order valence-corrected chi connectivity index (χ1v) is 11.4. The topological polar surface area (TPSA) is 132 Å². The van der Waals surface area contributed by atoms with Crippen LogP contribution in [0.3, 0.4) is 0 Å². The van der Waals surface area contributed by atoms with E-state index >= 15 is 0 Å². The number of piperidine rings is 1. The molecule has 0 radical (unpaired) electrons. The van der Waals surface area contributed by atoms with E-state index in [1.165, 1.54) is 36.7 Å². The average molecular weight is 470 g/mol. The number of rotatable bonds is 6. The van der Waals surface area contributed by atoms with Gasteiger partial charge in [-0.3, -0.25) is 35.2 Å². The zero-order chi connectivity index (χ0) is 23.7. The Kier molecular flexibility index (Phi) is 6.34. The van der Waals surface area contributed by atoms with Crippen molar-refractivity contribution in [2.45, 2.75) is 33.2 Å². The number of likely N-dealkylation sites (tertiary alicyclic amines) is 1. The van der Waals surface area contributed by atoms with Crippen molar-refractivity contribution in [3.8, 4) is 0 Å². The molecule has 10 nitrogen and oxygen atoms in total. The minimum Gasteiger partial charge on any atom is -0.299 e. The van der Waals surface area contributed by atoms with Gasteiger partial charge in [0.15, 0.2) is 5.13 Å². The third-order valence-corrected chi connectivity index (χ3v) is 6.91. The van der Waals surface area contributed by atoms with Gasteiger partial charge in [-0.1, -0.05) is 24.3 Å². The molecule has 1 aliphatic rings. The van der Waals surface area contributed by atoms with Crippen LogP contribution in [0.5, 0.6) is 0 Å². The molecule has 1 aliphatic heterocycles. The minimum absolute atomic E-state index is 0.0577. The molecule has 0 saturated carbocycles. The van der Waals surface area contributed by atoms with Gasteiger partial charge in [0, 0.05) is 18.2 Å². The van der Waals surface area contributed by atoms with Gasteiger partial charge in [0.25, 0.3) is 17.3 Å². The van der Waals surface area contributed by atoms with E-state index in [4.69, 9.17) is 0 Å². The maximum Gasteiger partial charge on any atom is 0.279 e. The van der Waals surface area contributed by atoms with Crippen LogP contribution < -0.4 is 5.32 Å². The van der Waals surface area contributed by atoms with E-state index in [-0.39, 0.29) is 11.1 Å². The van der Waals surface area contributed by atoms with Crippen LogP contribution in [0.15, 0.2) is 30.3 Å². The maximum atomic E-state index is 12.8. The second kappa shape index (κ2) is 9.20. The molecule has 1 aromatic heterocycles. The summed E-state index contributed by atoms with van der Waals surface area (Å²) in [5.41, 5.74) is 0.836. The second-order valence-corrected chi connectivity index (χ2v) is 9.42. The quantitative estimate of drug-likeness (QED) is 0.401. The predicted octanol–water partition coefficient (Wildman–Crippen LogP) is 4.91. The van der Waals surface area contributed by atoms with Crippen molar-refractivity contribution >= 4 is 44.0 Å². The number of amides is 1. The van der Waals surface area contributed by atoms with Gasteiger partial charge in [-0.15, -0.1) is 0 Å². The fraction of sp³-hybridized carbons (Fsp3) is 0.364. The van der Waals surface area contributed by atoms with Crippen molar-refractivity contribution in [1.82, 2.24) is 9.88 Å². The van der Waals surface area contributed by atoms with E-state index in [1.54, 1.807) is 0 Å². The van der Waals surface area contributed by atoms with Crippen LogP contribution in [0.4, 0.5) is 16.5 Å². The van der Waals surface area contributed by atoms with E-state index in [9.17, 15) is 25.0 Å². The van der Waals surface area contributed by atoms with Crippen LogP contribution in [0.25, 0.3) is 10.2 Å². The zero-order valence-electron chi connectivity index (χ0n) is 18.2. The van der Waals surface area contributed by atoms with Crippen molar-refractivity contribution in [2.24, 2.45) is 5.92 Å². The molecule has 11 heteroatoms. The number of anilines is 1. The van der Waals surface area contributed by atoms with Gasteiger partial charge < -0.3 is 0 Å². The molecular weight excluding hydrogens is 446 g/mol. The number of thiazole rings is 1. The standard InChI is InChI=1S/C22H23N5O5S/c1-13-5-7-25(8-6-13)12-15-3-4-18-20(9-15)33-22(23-18)24-21(28)17-10-16(26(29)30)11-19(14(17)2)27(31)32/h3-4,9-11,13H,5-8,12H2,1-2H3,(H,23,24,28). The molecule has 2 aromatic carbocycles. The third kappa shape index (κ3) is 4.99. The number of nitro benzene ring substituents is 2. The summed E-state index contributed by atoms with van der Waals surface area (Å²) in [7, 11) is 0. The van der Waals surface area contributed by atoms with E-state index < -0.39 is 27.1 Å². The lowest BCUT2D eigenvalue weighted by molar-refractivity contribution is -0.394. The lowest BCUT2D eigenvalue weighted by Gasteiger charge is -2.30. The molecule has 2 heterocycles. The smallest absolute Gasteiger partial charge is 0.279 e. The Bertz CT molecular complexity index is 1250. The van der Waals surface area contributed by atoms with Gasteiger partial charge >= 0.3 is 0 Å². The number of hydrogen-bond acceptors (Lipinski definition) is 8. The highest BCUT2D eigenvalue weighted by Crippen LogP contribution is 2.31. The molecule has 4 rings (SSSR count). The van der Waals surface area contributed by atoms with Crippen LogP contribution in [0.1, 0.15) is 41.3 Å². The normalized spacial score (nSPS) is 15.0. The highest BCUT2D eigenvalue weighted by Gasteiger charge is 2.25. The van der Waals surface area contributed by atoms with Crippen molar-refractivity contribution in [2.75, 3.05) is 18.4 Å². The molecule has 1 amide bonds. The third-order valence-electron chi connectivity index (χ3n) is 5.97. The van der Waals surface area contributed by atoms with Gasteiger partial charge in [-0.05, 0) is 56.5 Å². The number of carbonyl (C=O) groups is 1. The Morgan fingerprint density at radius 3 is 2.58 bits per heavy atom. The lowest BCUT2D eigenvalue weighted by atomic mass is 9.99. The van der Waals surface area contributed by atoms with Gasteiger partial charge in [0.05, 0.1) is 31.7 Å². The number of fused-ring (bicyclic) bond motifs is 1. The van der Waals surface area contributed by atoms with E-state index in [1.807, 2.05) is 12.1 Å². The maximum absolute atomic E-state index is 12.8. The number of hydrogen-bond donors (Lipinski definition) is 1. The van der Waals surface area contributed by atoms with Gasteiger partial charge in [-0.25, -0.2) is 4.98 Å². The van der Waals surface area contributed by atoms with Gasteiger partial charge in [-0.2, -0.15) is 0 Å². The number of nitrogens with zero attached hydrogens (tertiary/aromatic N) is 4. The highest BCUT2D eigenvalue weighted by atomic mass is 32.1. The molecule has 0 aliphatic carbocycles. The largest absolute Gasteiger partial charge is 0.299 e. The molecule has 0 bridgehead atoms. The Hall–Kier alpha value is -3.44. The van der Waals surface area contributed by atoms with E-state index in [0.29, 0.717) is 5.13 Å². The molecule has 0 unspecified atom stereocenters. The molecule has 1 fully saturated rings. The summed E-state index contributed by atoms with van der Waals surface area (Å²) in [6, 6.07) is 7.90. The molecule has 3 aromatic rings. The minimum atomic E-state index is -0.758. The van der Waals surface area contributed by atoms with Crippen molar-refractivity contribution in [1.29, 1.82) is 0 Å². The lowest BCUT2D eigenvalue weighted by Crippen LogP contribution is -2.32. The summed E-state index contributed by atoms with van der Waals surface area (Å²) in [6.45, 7) is 6.70. The van der Waals surface area contributed by atoms with Crippen LogP contribution in [0.2, 0.25) is 0 Å². The molecule has 1 saturated heterocycles. The number of nitro groups is 2. The highest BCUT2D eigenvalue weighted by molar-refractivity contribution is 7.22. The van der Waals surface area contributed by atoms with Gasteiger partial charge in [0.1, 0.15) is 0 Å². The van der Waals surface area contributed by atoms with Crippen LogP contribution in [0, 0.1) is 33.1 Å². The molecule has 1 N–H and O–H groups in total. The Morgan fingerprint density at radius 1 is 1.18 bits per heavy atom. The number of non-ortho nitro benzene ring substituents is 1. The molecule has 0 spiro atoms. The number of aromatic nitrogens is 1. The van der Waals surface area contributed by atoms with E-state index in [2.05, 4.69) is 28.2 Å². The Labute approximate surface area is 193 Å². The van der Waals surface area contributed by atoms with Crippen LogP contribution >= 0.6 is 11.3 Å². The SMILES string of the molecule is Cc1c(C(=O)Nc2nc3ccc(CN4CCC(C)CC4)cc3s2)cc([N+](=O)[O-])cc1[N+](=O)[O-]. The number of carbonyl (C=O) groups excluding carboxylic acids is 1. The first-order valence-electron chi connectivity index (χ1n) is 10.6. The fourth-order valence-corrected chi connectivity index (χ4v) is 4.90. The number of nitrogens with one attached hydrogen (secondary N) is 1. The summed E-state index contributed by atoms with van der Waals surface area (Å²) in [5.74, 6) is 0.0912. The fourth-order valence-electron chi connectivity index (χ4n) is 3.98. The molecule has 0 atom stereocenters. The van der Waals surface area contributed by atoms with Crippen LogP contribution in [-0.4, -0.2) is 38.7 Å². The molecular formula is C22H23N5O5S. The monoisotopic (exact) mass is 469 g/mol.